The van der Waals surface area contributed by atoms with E-state index in [9.17, 15) is 0 Å². The number of hydrogen-bond donors (Lipinski definition) is 0. The third kappa shape index (κ3) is 3.99. The number of hydrogen-bond acceptors (Lipinski definition) is 1. The molecule has 1 nitrogen and oxygen atoms in total. The highest BCUT2D eigenvalue weighted by atomic mass is 16.3. The van der Waals surface area contributed by atoms with Gasteiger partial charge < -0.3 is 4.42 Å². The summed E-state index contributed by atoms with van der Waals surface area (Å²) in [6.07, 6.45) is 0. The van der Waals surface area contributed by atoms with E-state index in [0.29, 0.717) is 0 Å². The molecule has 52 heavy (non-hydrogen) atoms. The molecule has 0 N–H and O–H groups in total. The normalized spacial score (nSPS) is 13.3. The van der Waals surface area contributed by atoms with Crippen LogP contribution in [-0.4, -0.2) is 0 Å². The van der Waals surface area contributed by atoms with Crippen molar-refractivity contribution in [2.45, 2.75) is 19.3 Å². The third-order valence-electron chi connectivity index (χ3n) is 11.6. The van der Waals surface area contributed by atoms with Crippen LogP contribution in [0.3, 0.4) is 0 Å². The first-order valence-electron chi connectivity index (χ1n) is 18.2. The van der Waals surface area contributed by atoms with Crippen molar-refractivity contribution in [3.8, 4) is 44.5 Å². The number of fused-ring (bicyclic) bond motifs is 10. The van der Waals surface area contributed by atoms with Crippen LogP contribution in [0.4, 0.5) is 0 Å². The summed E-state index contributed by atoms with van der Waals surface area (Å²) in [5, 5.41) is 9.85. The first-order valence-corrected chi connectivity index (χ1v) is 18.2. The van der Waals surface area contributed by atoms with Gasteiger partial charge in [-0.3, -0.25) is 0 Å². The van der Waals surface area contributed by atoms with Gasteiger partial charge in [0.25, 0.3) is 0 Å². The second-order valence-corrected chi connectivity index (χ2v) is 14.8. The van der Waals surface area contributed by atoms with E-state index in [-0.39, 0.29) is 5.41 Å². The minimum atomic E-state index is -0.0765. The van der Waals surface area contributed by atoms with Crippen molar-refractivity contribution in [3.05, 3.63) is 181 Å². The van der Waals surface area contributed by atoms with Gasteiger partial charge in [-0.05, 0) is 94.5 Å². The molecule has 1 aliphatic rings. The molecule has 244 valence electrons. The lowest BCUT2D eigenvalue weighted by Gasteiger charge is -2.21. The van der Waals surface area contributed by atoms with Crippen molar-refractivity contribution in [3.63, 3.8) is 0 Å². The molecule has 0 radical (unpaired) electrons. The van der Waals surface area contributed by atoms with Crippen molar-refractivity contribution in [1.29, 1.82) is 0 Å². The zero-order valence-corrected chi connectivity index (χ0v) is 29.1. The fourth-order valence-corrected chi connectivity index (χ4v) is 9.30. The molecular formula is C51H34O. The Hall–Kier alpha value is -6.44. The van der Waals surface area contributed by atoms with Gasteiger partial charge in [0, 0.05) is 21.8 Å². The minimum absolute atomic E-state index is 0.0765. The maximum Gasteiger partial charge on any atom is 0.143 e. The van der Waals surface area contributed by atoms with Crippen molar-refractivity contribution in [2.24, 2.45) is 0 Å². The minimum Gasteiger partial charge on any atom is -0.455 e. The predicted octanol–water partition coefficient (Wildman–Crippen LogP) is 14.4. The summed E-state index contributed by atoms with van der Waals surface area (Å²) in [7, 11) is 0. The van der Waals surface area contributed by atoms with E-state index in [0.717, 1.165) is 22.3 Å². The molecule has 1 aliphatic carbocycles. The molecule has 0 fully saturated rings. The monoisotopic (exact) mass is 662 g/mol. The van der Waals surface area contributed by atoms with Gasteiger partial charge in [0.15, 0.2) is 0 Å². The van der Waals surface area contributed by atoms with Gasteiger partial charge in [-0.2, -0.15) is 0 Å². The summed E-state index contributed by atoms with van der Waals surface area (Å²) in [4.78, 5) is 0. The van der Waals surface area contributed by atoms with E-state index in [4.69, 9.17) is 4.42 Å². The molecule has 1 heteroatoms. The van der Waals surface area contributed by atoms with Crippen molar-refractivity contribution >= 4 is 54.3 Å². The molecule has 0 bridgehead atoms. The summed E-state index contributed by atoms with van der Waals surface area (Å²) >= 11 is 0. The lowest BCUT2D eigenvalue weighted by atomic mass is 9.82. The highest BCUT2D eigenvalue weighted by Crippen LogP contribution is 2.54. The number of rotatable bonds is 3. The van der Waals surface area contributed by atoms with Gasteiger partial charge >= 0.3 is 0 Å². The van der Waals surface area contributed by atoms with E-state index in [1.807, 2.05) is 0 Å². The van der Waals surface area contributed by atoms with Crippen LogP contribution in [0.25, 0.3) is 98.8 Å². The maximum atomic E-state index is 6.94. The fraction of sp³-hybridized carbons (Fsp3) is 0.0588. The molecule has 0 aliphatic heterocycles. The van der Waals surface area contributed by atoms with Gasteiger partial charge in [0.05, 0.1) is 0 Å². The van der Waals surface area contributed by atoms with Crippen LogP contribution in [0.15, 0.2) is 174 Å². The van der Waals surface area contributed by atoms with Gasteiger partial charge in [0.2, 0.25) is 0 Å². The van der Waals surface area contributed by atoms with Crippen LogP contribution in [0, 0.1) is 0 Å². The fourth-order valence-electron chi connectivity index (χ4n) is 9.30. The van der Waals surface area contributed by atoms with Crippen LogP contribution in [0.5, 0.6) is 0 Å². The second-order valence-electron chi connectivity index (χ2n) is 14.8. The van der Waals surface area contributed by atoms with Crippen molar-refractivity contribution in [2.75, 3.05) is 0 Å². The Morgan fingerprint density at radius 2 is 0.904 bits per heavy atom. The standard InChI is InChI=1S/C51H34O/c1-51(2)42-23-13-12-22-40(42)48-43(51)28-29-44-49(48)41-30-34-16-6-7-17-35(34)47(50(41)52-44)33-26-24-32(25-27-33)46-38-20-10-8-18-36(38)45(31-14-4-3-5-15-31)37-19-9-11-21-39(37)46/h3-30H,1-2H3. The Morgan fingerprint density at radius 1 is 0.385 bits per heavy atom. The lowest BCUT2D eigenvalue weighted by molar-refractivity contribution is 0.657. The topological polar surface area (TPSA) is 13.1 Å². The molecule has 0 atom stereocenters. The van der Waals surface area contributed by atoms with Crippen LogP contribution in [0.1, 0.15) is 25.0 Å². The van der Waals surface area contributed by atoms with Crippen molar-refractivity contribution < 1.29 is 4.42 Å². The van der Waals surface area contributed by atoms with Crippen molar-refractivity contribution in [1.82, 2.24) is 0 Å². The Bertz CT molecular complexity index is 3010. The van der Waals surface area contributed by atoms with Gasteiger partial charge in [-0.25, -0.2) is 0 Å². The van der Waals surface area contributed by atoms with E-state index >= 15 is 0 Å². The smallest absolute Gasteiger partial charge is 0.143 e. The molecule has 1 heterocycles. The molecular weight excluding hydrogens is 629 g/mol. The maximum absolute atomic E-state index is 6.94. The number of furan rings is 1. The highest BCUT2D eigenvalue weighted by Gasteiger charge is 2.37. The third-order valence-corrected chi connectivity index (χ3v) is 11.6. The SMILES string of the molecule is CC1(C)c2ccccc2-c2c1ccc1oc3c(-c4ccc(-c5c6ccccc6c(-c6ccccc6)c6ccccc56)cc4)c4ccccc4cc3c21. The highest BCUT2D eigenvalue weighted by molar-refractivity contribution is 6.24. The molecule has 0 unspecified atom stereocenters. The van der Waals surface area contributed by atoms with E-state index in [2.05, 4.69) is 184 Å². The average molecular weight is 663 g/mol. The van der Waals surface area contributed by atoms with Gasteiger partial charge in [-0.1, -0.05) is 172 Å². The Labute approximate surface area is 302 Å². The average Bonchev–Trinajstić information content (AvgIpc) is 3.67. The molecule has 0 saturated heterocycles. The first-order chi connectivity index (χ1) is 25.6. The Balaban J connectivity index is 1.16. The van der Waals surface area contributed by atoms with E-state index < -0.39 is 0 Å². The molecule has 0 spiro atoms. The molecule has 1 aromatic heterocycles. The first kappa shape index (κ1) is 29.3. The summed E-state index contributed by atoms with van der Waals surface area (Å²) < 4.78 is 6.94. The zero-order chi connectivity index (χ0) is 34.6. The number of benzene rings is 9. The summed E-state index contributed by atoms with van der Waals surface area (Å²) in [5.41, 5.74) is 14.4. The molecule has 0 amide bonds. The Kier molecular flexibility index (Phi) is 6.08. The van der Waals surface area contributed by atoms with E-state index in [1.165, 1.54) is 87.6 Å². The molecule has 0 saturated carbocycles. The predicted molar refractivity (Wildman–Crippen MR) is 220 cm³/mol. The molecule has 10 aromatic rings. The molecule has 11 rings (SSSR count). The molecule has 9 aromatic carbocycles. The van der Waals surface area contributed by atoms with Crippen LogP contribution in [0.2, 0.25) is 0 Å². The summed E-state index contributed by atoms with van der Waals surface area (Å²) in [5.74, 6) is 0. The quantitative estimate of drug-likeness (QED) is 0.172. The van der Waals surface area contributed by atoms with Crippen LogP contribution in [-0.2, 0) is 5.41 Å². The van der Waals surface area contributed by atoms with Gasteiger partial charge in [0.1, 0.15) is 11.2 Å². The van der Waals surface area contributed by atoms with E-state index in [1.54, 1.807) is 0 Å². The summed E-state index contributed by atoms with van der Waals surface area (Å²) in [6, 6.07) is 62.2. The van der Waals surface area contributed by atoms with Crippen LogP contribution < -0.4 is 0 Å². The van der Waals surface area contributed by atoms with Gasteiger partial charge in [-0.15, -0.1) is 0 Å². The second kappa shape index (κ2) is 10.8. The lowest BCUT2D eigenvalue weighted by Crippen LogP contribution is -2.14. The van der Waals surface area contributed by atoms with Crippen LogP contribution >= 0.6 is 0 Å². The summed E-state index contributed by atoms with van der Waals surface area (Å²) in [6.45, 7) is 4.69. The Morgan fingerprint density at radius 3 is 1.56 bits per heavy atom. The zero-order valence-electron chi connectivity index (χ0n) is 29.1. The largest absolute Gasteiger partial charge is 0.455 e.